The minimum absolute atomic E-state index is 0.0892. The number of ether oxygens (including phenoxy) is 1. The normalized spacial score (nSPS) is 63.3. The van der Waals surface area contributed by atoms with E-state index in [4.69, 9.17) is 10.5 Å². The predicted octanol–water partition coefficient (Wildman–Crippen LogP) is 4.30. The summed E-state index contributed by atoms with van der Waals surface area (Å²) < 4.78 is 6.70. The summed E-state index contributed by atoms with van der Waals surface area (Å²) in [6, 6.07) is 0.525. The van der Waals surface area contributed by atoms with Crippen molar-refractivity contribution in [3.05, 3.63) is 0 Å². The van der Waals surface area contributed by atoms with Crippen molar-refractivity contribution in [2.24, 2.45) is 58.0 Å². The Morgan fingerprint density at radius 3 is 2.55 bits per heavy atom. The first-order valence-corrected chi connectivity index (χ1v) is 13.5. The molecule has 4 N–H and O–H groups in total. The molecular weight excluding hydrogens is 384 g/mol. The fourth-order valence-electron chi connectivity index (χ4n) is 10.8. The Hall–Kier alpha value is -0.160. The van der Waals surface area contributed by atoms with Crippen molar-refractivity contribution in [3.63, 3.8) is 0 Å². The molecule has 4 nitrogen and oxygen atoms in total. The number of nitrogens with two attached hydrogens (primary N) is 1. The van der Waals surface area contributed by atoms with Gasteiger partial charge in [0.05, 0.1) is 12.1 Å². The van der Waals surface area contributed by atoms with Gasteiger partial charge in [0.15, 0.2) is 5.79 Å². The quantitative estimate of drug-likeness (QED) is 0.536. The largest absolute Gasteiger partial charge is 0.364 e. The summed E-state index contributed by atoms with van der Waals surface area (Å²) >= 11 is 0. The lowest BCUT2D eigenvalue weighted by Gasteiger charge is -2.62. The average Bonchev–Trinajstić information content (AvgIpc) is 2.99. The highest BCUT2D eigenvalue weighted by atomic mass is 16.6. The summed E-state index contributed by atoms with van der Waals surface area (Å²) in [4.78, 5) is 0. The number of aliphatic hydroxyl groups is 1. The van der Waals surface area contributed by atoms with Crippen LogP contribution < -0.4 is 11.1 Å². The van der Waals surface area contributed by atoms with Crippen LogP contribution in [0.3, 0.4) is 0 Å². The number of rotatable bonds is 0. The summed E-state index contributed by atoms with van der Waals surface area (Å²) in [5.41, 5.74) is 7.27. The molecular formula is C27H46N2O2. The van der Waals surface area contributed by atoms with E-state index < -0.39 is 5.79 Å². The second kappa shape index (κ2) is 6.93. The van der Waals surface area contributed by atoms with E-state index >= 15 is 0 Å². The molecule has 2 saturated heterocycles. The predicted molar refractivity (Wildman–Crippen MR) is 123 cm³/mol. The Morgan fingerprint density at radius 2 is 1.74 bits per heavy atom. The highest BCUT2D eigenvalue weighted by Crippen LogP contribution is 2.69. The second-order valence-corrected chi connectivity index (χ2v) is 13.6. The first-order valence-electron chi connectivity index (χ1n) is 13.5. The molecule has 0 aromatic rings. The van der Waals surface area contributed by atoms with Gasteiger partial charge in [0.2, 0.25) is 0 Å². The van der Waals surface area contributed by atoms with E-state index in [0.29, 0.717) is 34.6 Å². The molecule has 31 heavy (non-hydrogen) atoms. The monoisotopic (exact) mass is 430 g/mol. The van der Waals surface area contributed by atoms with Gasteiger partial charge in [-0.15, -0.1) is 0 Å². The lowest BCUT2D eigenvalue weighted by molar-refractivity contribution is -0.310. The number of piperidine rings is 1. The van der Waals surface area contributed by atoms with E-state index in [1.165, 1.54) is 51.4 Å². The Balaban J connectivity index is 1.30. The summed E-state index contributed by atoms with van der Waals surface area (Å²) in [6.45, 7) is 10.9. The molecule has 8 unspecified atom stereocenters. The molecule has 176 valence electrons. The van der Waals surface area contributed by atoms with E-state index in [-0.39, 0.29) is 12.1 Å². The van der Waals surface area contributed by atoms with Gasteiger partial charge in [-0.2, -0.15) is 0 Å². The van der Waals surface area contributed by atoms with Gasteiger partial charge >= 0.3 is 0 Å². The molecule has 2 heterocycles. The maximum Gasteiger partial charge on any atom is 0.181 e. The second-order valence-electron chi connectivity index (χ2n) is 13.6. The van der Waals surface area contributed by atoms with Crippen molar-refractivity contribution in [3.8, 4) is 0 Å². The molecule has 0 aromatic carbocycles. The summed E-state index contributed by atoms with van der Waals surface area (Å²) in [5, 5.41) is 15.3. The molecule has 6 aliphatic rings. The SMILES string of the molecule is CC1C2C(CC3C4CCC5C[C@@H](N)CC[C@]5(C)C4CC[C@@]32C)O[C@@]2(O)C[C@@H](C)CNC12. The smallest absolute Gasteiger partial charge is 0.181 e. The van der Waals surface area contributed by atoms with Gasteiger partial charge in [0.1, 0.15) is 0 Å². The van der Waals surface area contributed by atoms with Gasteiger partial charge in [-0.05, 0) is 110 Å². The third-order valence-corrected chi connectivity index (χ3v) is 12.1. The standard InChI is InChI=1S/C27H46N2O2/c1-15-13-27(30)24(29-14-15)16(2)23-22(31-27)12-21-19-6-5-17-11-18(28)7-9-25(17,3)20(19)8-10-26(21,23)4/h15-24,29-30H,5-14,28H2,1-4H3/t15-,16?,17?,18+,19?,20?,21?,22?,23?,24?,25+,26+,27+/m1/s1. The van der Waals surface area contributed by atoms with Crippen molar-refractivity contribution in [2.45, 2.75) is 109 Å². The van der Waals surface area contributed by atoms with E-state index in [1.807, 2.05) is 0 Å². The van der Waals surface area contributed by atoms with Crippen LogP contribution in [-0.4, -0.2) is 35.6 Å². The van der Waals surface area contributed by atoms with Crippen molar-refractivity contribution in [2.75, 3.05) is 6.54 Å². The van der Waals surface area contributed by atoms with Crippen molar-refractivity contribution >= 4 is 0 Å². The number of hydrogen-bond donors (Lipinski definition) is 3. The fourth-order valence-corrected chi connectivity index (χ4v) is 10.8. The van der Waals surface area contributed by atoms with Crippen LogP contribution >= 0.6 is 0 Å². The molecule has 13 atom stereocenters. The van der Waals surface area contributed by atoms with Crippen LogP contribution in [0.15, 0.2) is 0 Å². The van der Waals surface area contributed by atoms with Crippen molar-refractivity contribution in [1.29, 1.82) is 0 Å². The van der Waals surface area contributed by atoms with Crippen LogP contribution in [0.5, 0.6) is 0 Å². The van der Waals surface area contributed by atoms with Gasteiger partial charge in [0, 0.05) is 12.5 Å². The highest BCUT2D eigenvalue weighted by molar-refractivity contribution is 5.15. The van der Waals surface area contributed by atoms with Crippen molar-refractivity contribution < 1.29 is 9.84 Å². The molecule has 0 radical (unpaired) electrons. The molecule has 0 amide bonds. The zero-order valence-corrected chi connectivity index (χ0v) is 20.3. The Bertz CT molecular complexity index is 730. The van der Waals surface area contributed by atoms with Gasteiger partial charge in [-0.3, -0.25) is 0 Å². The molecule has 2 aliphatic heterocycles. The van der Waals surface area contributed by atoms with E-state index in [1.54, 1.807) is 0 Å². The molecule has 6 rings (SSSR count). The zero-order valence-electron chi connectivity index (χ0n) is 20.3. The van der Waals surface area contributed by atoms with Gasteiger partial charge in [0.25, 0.3) is 0 Å². The third kappa shape index (κ3) is 2.87. The Kier molecular flexibility index (Phi) is 4.78. The molecule has 0 spiro atoms. The van der Waals surface area contributed by atoms with Crippen LogP contribution in [0.1, 0.15) is 85.5 Å². The van der Waals surface area contributed by atoms with Crippen LogP contribution in [0.2, 0.25) is 0 Å². The number of hydrogen-bond acceptors (Lipinski definition) is 4. The van der Waals surface area contributed by atoms with Crippen LogP contribution in [0.4, 0.5) is 0 Å². The van der Waals surface area contributed by atoms with E-state index in [2.05, 4.69) is 33.0 Å². The molecule has 0 aromatic heterocycles. The van der Waals surface area contributed by atoms with Crippen LogP contribution in [0, 0.1) is 52.3 Å². The van der Waals surface area contributed by atoms with E-state index in [9.17, 15) is 5.11 Å². The van der Waals surface area contributed by atoms with Gasteiger partial charge < -0.3 is 20.9 Å². The molecule has 4 saturated carbocycles. The van der Waals surface area contributed by atoms with E-state index in [0.717, 1.165) is 36.6 Å². The molecule has 4 aliphatic carbocycles. The van der Waals surface area contributed by atoms with Gasteiger partial charge in [-0.25, -0.2) is 0 Å². The third-order valence-electron chi connectivity index (χ3n) is 12.1. The molecule has 6 fully saturated rings. The summed E-state index contributed by atoms with van der Waals surface area (Å²) in [6.07, 6.45) is 11.5. The van der Waals surface area contributed by atoms with Crippen LogP contribution in [-0.2, 0) is 4.74 Å². The fraction of sp³-hybridized carbons (Fsp3) is 1.00. The maximum absolute atomic E-state index is 11.6. The summed E-state index contributed by atoms with van der Waals surface area (Å²) in [5.74, 6) is 3.88. The zero-order chi connectivity index (χ0) is 21.8. The highest BCUT2D eigenvalue weighted by Gasteiger charge is 2.67. The lowest BCUT2D eigenvalue weighted by atomic mass is 9.44. The van der Waals surface area contributed by atoms with Gasteiger partial charge in [-0.1, -0.05) is 27.7 Å². The first-order chi connectivity index (χ1) is 14.7. The van der Waals surface area contributed by atoms with Crippen molar-refractivity contribution in [1.82, 2.24) is 5.32 Å². The average molecular weight is 431 g/mol. The minimum Gasteiger partial charge on any atom is -0.364 e. The summed E-state index contributed by atoms with van der Waals surface area (Å²) in [7, 11) is 0. The topological polar surface area (TPSA) is 67.5 Å². The van der Waals surface area contributed by atoms with Crippen LogP contribution in [0.25, 0.3) is 0 Å². The Labute approximate surface area is 189 Å². The Morgan fingerprint density at radius 1 is 0.968 bits per heavy atom. The number of fused-ring (bicyclic) bond motifs is 8. The maximum atomic E-state index is 11.6. The molecule has 0 bridgehead atoms. The lowest BCUT2D eigenvalue weighted by Crippen LogP contribution is -2.68. The number of nitrogens with one attached hydrogen (secondary N) is 1. The minimum atomic E-state index is -0.968. The first kappa shape index (κ1) is 21.4. The molecule has 4 heteroatoms.